The molecule has 0 fully saturated rings. The van der Waals surface area contributed by atoms with Gasteiger partial charge in [0.1, 0.15) is 5.82 Å². The molecule has 4 nitrogen and oxygen atoms in total. The zero-order chi connectivity index (χ0) is 15.9. The minimum atomic E-state index is -3.33. The van der Waals surface area contributed by atoms with Crippen LogP contribution in [0.1, 0.15) is 11.1 Å². The maximum atomic E-state index is 13.4. The summed E-state index contributed by atoms with van der Waals surface area (Å²) in [5.41, 5.74) is 1.87. The van der Waals surface area contributed by atoms with Gasteiger partial charge < -0.3 is 5.32 Å². The fourth-order valence-electron chi connectivity index (χ4n) is 2.31. The van der Waals surface area contributed by atoms with Crippen molar-refractivity contribution in [1.29, 1.82) is 0 Å². The average Bonchev–Trinajstić information content (AvgIpc) is 2.75. The largest absolute Gasteiger partial charge is 0.321 e. The number of amides is 1. The first-order valence-electron chi connectivity index (χ1n) is 6.48. The van der Waals surface area contributed by atoms with Gasteiger partial charge in [0.15, 0.2) is 9.84 Å². The number of benzene rings is 2. The van der Waals surface area contributed by atoms with E-state index in [1.165, 1.54) is 30.3 Å². The van der Waals surface area contributed by atoms with Gasteiger partial charge in [0, 0.05) is 23.1 Å². The average molecular weight is 317 g/mol. The summed E-state index contributed by atoms with van der Waals surface area (Å²) in [6.07, 6.45) is 2.67. The molecule has 2 aromatic rings. The van der Waals surface area contributed by atoms with Crippen LogP contribution in [0.3, 0.4) is 0 Å². The Hall–Kier alpha value is -2.47. The van der Waals surface area contributed by atoms with Gasteiger partial charge in [-0.25, -0.2) is 12.8 Å². The lowest BCUT2D eigenvalue weighted by Crippen LogP contribution is -2.03. The first-order valence-corrected chi connectivity index (χ1v) is 8.37. The quantitative estimate of drug-likeness (QED) is 0.866. The standard InChI is InChI=1S/C16H12FNO3S/c1-22(20,21)12-4-2-3-10(7-12)8-14-13-9-11(17)5-6-15(13)18-16(14)19/h2-9H,1H3,(H,18,19)/b14-8+. The van der Waals surface area contributed by atoms with Crippen molar-refractivity contribution in [2.24, 2.45) is 0 Å². The molecule has 0 saturated heterocycles. The van der Waals surface area contributed by atoms with Crippen molar-refractivity contribution in [2.75, 3.05) is 11.6 Å². The Balaban J connectivity index is 2.11. The molecule has 0 radical (unpaired) electrons. The predicted octanol–water partition coefficient (Wildman–Crippen LogP) is 2.72. The molecule has 0 unspecified atom stereocenters. The van der Waals surface area contributed by atoms with Crippen LogP contribution in [0.5, 0.6) is 0 Å². The second kappa shape index (κ2) is 5.06. The number of hydrogen-bond donors (Lipinski definition) is 1. The smallest absolute Gasteiger partial charge is 0.256 e. The molecule has 112 valence electrons. The zero-order valence-corrected chi connectivity index (χ0v) is 12.4. The van der Waals surface area contributed by atoms with Crippen molar-refractivity contribution in [2.45, 2.75) is 4.90 Å². The van der Waals surface area contributed by atoms with Crippen LogP contribution in [0.4, 0.5) is 10.1 Å². The maximum Gasteiger partial charge on any atom is 0.256 e. The van der Waals surface area contributed by atoms with E-state index in [-0.39, 0.29) is 10.8 Å². The van der Waals surface area contributed by atoms with Crippen LogP contribution < -0.4 is 5.32 Å². The van der Waals surface area contributed by atoms with Gasteiger partial charge in [0.2, 0.25) is 0 Å². The highest BCUT2D eigenvalue weighted by atomic mass is 32.2. The number of rotatable bonds is 2. The topological polar surface area (TPSA) is 63.2 Å². The molecule has 1 aliphatic rings. The third-order valence-electron chi connectivity index (χ3n) is 3.36. The van der Waals surface area contributed by atoms with Crippen LogP contribution >= 0.6 is 0 Å². The van der Waals surface area contributed by atoms with Crippen LogP contribution in [-0.4, -0.2) is 20.6 Å². The summed E-state index contributed by atoms with van der Waals surface area (Å²) in [5.74, 6) is -0.781. The molecule has 1 heterocycles. The fourth-order valence-corrected chi connectivity index (χ4v) is 2.98. The zero-order valence-electron chi connectivity index (χ0n) is 11.6. The lowest BCUT2D eigenvalue weighted by molar-refractivity contribution is -0.110. The van der Waals surface area contributed by atoms with Gasteiger partial charge in [0.25, 0.3) is 5.91 Å². The molecular weight excluding hydrogens is 305 g/mol. The molecule has 1 aliphatic heterocycles. The van der Waals surface area contributed by atoms with E-state index in [9.17, 15) is 17.6 Å². The number of sulfone groups is 1. The first-order chi connectivity index (χ1) is 10.3. The van der Waals surface area contributed by atoms with E-state index in [2.05, 4.69) is 5.32 Å². The number of nitrogens with one attached hydrogen (secondary N) is 1. The second-order valence-electron chi connectivity index (χ2n) is 5.05. The summed E-state index contributed by atoms with van der Waals surface area (Å²) < 4.78 is 36.5. The third-order valence-corrected chi connectivity index (χ3v) is 4.47. The lowest BCUT2D eigenvalue weighted by Gasteiger charge is -2.02. The number of hydrogen-bond acceptors (Lipinski definition) is 3. The summed E-state index contributed by atoms with van der Waals surface area (Å²) >= 11 is 0. The van der Waals surface area contributed by atoms with Crippen molar-refractivity contribution in [1.82, 2.24) is 0 Å². The predicted molar refractivity (Wildman–Crippen MR) is 82.5 cm³/mol. The van der Waals surface area contributed by atoms with E-state index >= 15 is 0 Å². The van der Waals surface area contributed by atoms with Gasteiger partial charge in [-0.1, -0.05) is 12.1 Å². The van der Waals surface area contributed by atoms with Crippen molar-refractivity contribution in [3.63, 3.8) is 0 Å². The van der Waals surface area contributed by atoms with Gasteiger partial charge in [-0.05, 0) is 42.0 Å². The Morgan fingerprint density at radius 3 is 2.64 bits per heavy atom. The second-order valence-corrected chi connectivity index (χ2v) is 7.06. The highest BCUT2D eigenvalue weighted by Gasteiger charge is 2.24. The number of anilines is 1. The summed E-state index contributed by atoms with van der Waals surface area (Å²) in [5, 5.41) is 2.65. The molecule has 3 rings (SSSR count). The molecule has 22 heavy (non-hydrogen) atoms. The molecule has 1 amide bonds. The van der Waals surface area contributed by atoms with E-state index in [0.29, 0.717) is 22.4 Å². The maximum absolute atomic E-state index is 13.4. The molecule has 1 N–H and O–H groups in total. The summed E-state index contributed by atoms with van der Waals surface area (Å²) in [6, 6.07) is 10.3. The van der Waals surface area contributed by atoms with Gasteiger partial charge in [0.05, 0.1) is 4.90 Å². The van der Waals surface area contributed by atoms with Crippen LogP contribution in [0.25, 0.3) is 11.6 Å². The minimum Gasteiger partial charge on any atom is -0.321 e. The Labute approximate surface area is 127 Å². The van der Waals surface area contributed by atoms with Crippen molar-refractivity contribution >= 4 is 33.1 Å². The van der Waals surface area contributed by atoms with E-state index < -0.39 is 15.7 Å². The normalized spacial score (nSPS) is 15.7. The molecule has 6 heteroatoms. The van der Waals surface area contributed by atoms with E-state index in [0.717, 1.165) is 6.26 Å². The summed E-state index contributed by atoms with van der Waals surface area (Å²) in [4.78, 5) is 12.2. The molecule has 0 aromatic heterocycles. The van der Waals surface area contributed by atoms with Gasteiger partial charge in [-0.15, -0.1) is 0 Å². The number of carbonyl (C=O) groups excluding carboxylic acids is 1. The Morgan fingerprint density at radius 2 is 1.91 bits per heavy atom. The van der Waals surface area contributed by atoms with Crippen molar-refractivity contribution < 1.29 is 17.6 Å². The molecule has 0 saturated carbocycles. The first kappa shape index (κ1) is 14.5. The minimum absolute atomic E-state index is 0.166. The molecule has 0 aliphatic carbocycles. The Kier molecular flexibility index (Phi) is 3.33. The van der Waals surface area contributed by atoms with Crippen LogP contribution in [-0.2, 0) is 14.6 Å². The van der Waals surface area contributed by atoms with Crippen molar-refractivity contribution in [3.8, 4) is 0 Å². The van der Waals surface area contributed by atoms with Gasteiger partial charge in [-0.3, -0.25) is 4.79 Å². The number of halogens is 1. The lowest BCUT2D eigenvalue weighted by atomic mass is 10.0. The van der Waals surface area contributed by atoms with Crippen LogP contribution in [0.15, 0.2) is 47.4 Å². The summed E-state index contributed by atoms with van der Waals surface area (Å²) in [6.45, 7) is 0. The molecule has 2 aromatic carbocycles. The van der Waals surface area contributed by atoms with E-state index in [1.807, 2.05) is 0 Å². The number of fused-ring (bicyclic) bond motifs is 1. The SMILES string of the molecule is CS(=O)(=O)c1cccc(/C=C2/C(=O)Nc3ccc(F)cc32)c1. The van der Waals surface area contributed by atoms with E-state index in [1.54, 1.807) is 18.2 Å². The highest BCUT2D eigenvalue weighted by molar-refractivity contribution is 7.90. The van der Waals surface area contributed by atoms with Gasteiger partial charge >= 0.3 is 0 Å². The Morgan fingerprint density at radius 1 is 1.14 bits per heavy atom. The van der Waals surface area contributed by atoms with Crippen molar-refractivity contribution in [3.05, 3.63) is 59.4 Å². The van der Waals surface area contributed by atoms with E-state index in [4.69, 9.17) is 0 Å². The summed E-state index contributed by atoms with van der Waals surface area (Å²) in [7, 11) is -3.33. The monoisotopic (exact) mass is 317 g/mol. The molecule has 0 atom stereocenters. The van der Waals surface area contributed by atoms with Gasteiger partial charge in [-0.2, -0.15) is 0 Å². The van der Waals surface area contributed by atoms with Crippen LogP contribution in [0.2, 0.25) is 0 Å². The van der Waals surface area contributed by atoms with Crippen LogP contribution in [0, 0.1) is 5.82 Å². The molecule has 0 spiro atoms. The highest BCUT2D eigenvalue weighted by Crippen LogP contribution is 2.33. The number of carbonyl (C=O) groups is 1. The molecule has 0 bridgehead atoms. The molecular formula is C16H12FNO3S. The Bertz CT molecular complexity index is 917. The third kappa shape index (κ3) is 2.65. The fraction of sp³-hybridized carbons (Fsp3) is 0.0625.